The predicted octanol–water partition coefficient (Wildman–Crippen LogP) is 5.71. The Morgan fingerprint density at radius 1 is 1.16 bits per heavy atom. The van der Waals surface area contributed by atoms with Crippen LogP contribution in [-0.4, -0.2) is 6.54 Å². The lowest BCUT2D eigenvalue weighted by Crippen LogP contribution is -2.05. The second-order valence-electron chi connectivity index (χ2n) is 4.66. The topological polar surface area (TPSA) is 12.0 Å². The third-order valence-electron chi connectivity index (χ3n) is 3.19. The van der Waals surface area contributed by atoms with Crippen LogP contribution in [0.1, 0.15) is 24.8 Å². The second-order valence-corrected chi connectivity index (χ2v) is 5.92. The molecule has 0 saturated carbocycles. The average molecular weight is 339 g/mol. The third kappa shape index (κ3) is 4.26. The summed E-state index contributed by atoms with van der Waals surface area (Å²) in [6, 6.07) is 16.5. The van der Waals surface area contributed by atoms with Gasteiger partial charge in [-0.1, -0.05) is 48.9 Å². The SMILES string of the molecule is CC(CCNc1ccc(Br)c(Cl)c1)c1ccccc1. The fourth-order valence-electron chi connectivity index (χ4n) is 1.99. The summed E-state index contributed by atoms with van der Waals surface area (Å²) in [6.45, 7) is 3.19. The molecule has 3 heteroatoms. The number of anilines is 1. The summed E-state index contributed by atoms with van der Waals surface area (Å²) in [4.78, 5) is 0. The minimum absolute atomic E-state index is 0.555. The minimum atomic E-state index is 0.555. The van der Waals surface area contributed by atoms with Crippen molar-refractivity contribution >= 4 is 33.2 Å². The maximum Gasteiger partial charge on any atom is 0.0568 e. The van der Waals surface area contributed by atoms with E-state index in [0.29, 0.717) is 5.92 Å². The van der Waals surface area contributed by atoms with Crippen molar-refractivity contribution in [2.24, 2.45) is 0 Å². The predicted molar refractivity (Wildman–Crippen MR) is 87.1 cm³/mol. The largest absolute Gasteiger partial charge is 0.385 e. The lowest BCUT2D eigenvalue weighted by molar-refractivity contribution is 0.706. The molecule has 0 aliphatic carbocycles. The van der Waals surface area contributed by atoms with Crippen LogP contribution >= 0.6 is 27.5 Å². The lowest BCUT2D eigenvalue weighted by Gasteiger charge is -2.13. The number of hydrogen-bond acceptors (Lipinski definition) is 1. The van der Waals surface area contributed by atoms with Crippen LogP contribution in [0.4, 0.5) is 5.69 Å². The van der Waals surface area contributed by atoms with Gasteiger partial charge in [-0.15, -0.1) is 0 Å². The zero-order chi connectivity index (χ0) is 13.7. The summed E-state index contributed by atoms with van der Waals surface area (Å²) in [7, 11) is 0. The average Bonchev–Trinajstić information content (AvgIpc) is 2.43. The van der Waals surface area contributed by atoms with Gasteiger partial charge in [0.25, 0.3) is 0 Å². The quantitative estimate of drug-likeness (QED) is 0.736. The standard InChI is InChI=1S/C16H17BrClN/c1-12(13-5-3-2-4-6-13)9-10-19-14-7-8-15(17)16(18)11-14/h2-8,11-12,19H,9-10H2,1H3. The number of rotatable bonds is 5. The molecule has 0 bridgehead atoms. The normalized spacial score (nSPS) is 12.2. The van der Waals surface area contributed by atoms with Gasteiger partial charge in [0.15, 0.2) is 0 Å². The summed E-state index contributed by atoms with van der Waals surface area (Å²) < 4.78 is 0.928. The van der Waals surface area contributed by atoms with Crippen molar-refractivity contribution < 1.29 is 0 Å². The Labute approximate surface area is 128 Å². The molecule has 1 nitrogen and oxygen atoms in total. The molecule has 1 unspecified atom stereocenters. The van der Waals surface area contributed by atoms with E-state index >= 15 is 0 Å². The van der Waals surface area contributed by atoms with Crippen molar-refractivity contribution in [1.82, 2.24) is 0 Å². The van der Waals surface area contributed by atoms with Gasteiger partial charge in [0.05, 0.1) is 5.02 Å². The summed E-state index contributed by atoms with van der Waals surface area (Å²) in [5.74, 6) is 0.555. The molecule has 19 heavy (non-hydrogen) atoms. The highest BCUT2D eigenvalue weighted by atomic mass is 79.9. The van der Waals surface area contributed by atoms with Gasteiger partial charge in [-0.3, -0.25) is 0 Å². The summed E-state index contributed by atoms with van der Waals surface area (Å²) in [5, 5.41) is 4.15. The van der Waals surface area contributed by atoms with E-state index in [1.165, 1.54) is 5.56 Å². The molecule has 2 rings (SSSR count). The second kappa shape index (κ2) is 6.97. The van der Waals surface area contributed by atoms with E-state index in [4.69, 9.17) is 11.6 Å². The Morgan fingerprint density at radius 3 is 2.58 bits per heavy atom. The van der Waals surface area contributed by atoms with Crippen LogP contribution in [0.3, 0.4) is 0 Å². The molecule has 2 aromatic rings. The van der Waals surface area contributed by atoms with Crippen molar-refractivity contribution in [3.8, 4) is 0 Å². The minimum Gasteiger partial charge on any atom is -0.385 e. The van der Waals surface area contributed by atoms with E-state index in [0.717, 1.165) is 28.1 Å². The molecule has 0 heterocycles. The molecule has 0 amide bonds. The van der Waals surface area contributed by atoms with Crippen LogP contribution in [0.25, 0.3) is 0 Å². The van der Waals surface area contributed by atoms with Crippen LogP contribution in [0, 0.1) is 0 Å². The Hall–Kier alpha value is -0.990. The van der Waals surface area contributed by atoms with Crippen LogP contribution < -0.4 is 5.32 Å². The lowest BCUT2D eigenvalue weighted by atomic mass is 9.98. The highest BCUT2D eigenvalue weighted by Crippen LogP contribution is 2.26. The Balaban J connectivity index is 1.85. The van der Waals surface area contributed by atoms with Gasteiger partial charge in [-0.25, -0.2) is 0 Å². The van der Waals surface area contributed by atoms with Gasteiger partial charge in [-0.05, 0) is 52.0 Å². The molecular weight excluding hydrogens is 322 g/mol. The molecule has 1 N–H and O–H groups in total. The molecule has 0 aliphatic rings. The molecule has 0 aromatic heterocycles. The highest BCUT2D eigenvalue weighted by Gasteiger charge is 2.04. The summed E-state index contributed by atoms with van der Waals surface area (Å²) in [5.41, 5.74) is 2.45. The van der Waals surface area contributed by atoms with Crippen molar-refractivity contribution in [3.63, 3.8) is 0 Å². The number of benzene rings is 2. The number of nitrogens with one attached hydrogen (secondary N) is 1. The van der Waals surface area contributed by atoms with Gasteiger partial charge < -0.3 is 5.32 Å². The summed E-state index contributed by atoms with van der Waals surface area (Å²) >= 11 is 9.46. The van der Waals surface area contributed by atoms with Crippen LogP contribution in [-0.2, 0) is 0 Å². The summed E-state index contributed by atoms with van der Waals surface area (Å²) in [6.07, 6.45) is 1.09. The van der Waals surface area contributed by atoms with Gasteiger partial charge in [0.2, 0.25) is 0 Å². The zero-order valence-corrected chi connectivity index (χ0v) is 13.2. The smallest absolute Gasteiger partial charge is 0.0568 e. The van der Waals surface area contributed by atoms with Crippen molar-refractivity contribution in [2.75, 3.05) is 11.9 Å². The van der Waals surface area contributed by atoms with E-state index in [1.54, 1.807) is 0 Å². The first-order valence-electron chi connectivity index (χ1n) is 6.40. The molecule has 0 spiro atoms. The van der Waals surface area contributed by atoms with E-state index in [1.807, 2.05) is 18.2 Å². The van der Waals surface area contributed by atoms with Crippen molar-refractivity contribution in [3.05, 3.63) is 63.6 Å². The van der Waals surface area contributed by atoms with Gasteiger partial charge in [0, 0.05) is 16.7 Å². The van der Waals surface area contributed by atoms with Crippen LogP contribution in [0.15, 0.2) is 53.0 Å². The molecule has 0 fully saturated rings. The van der Waals surface area contributed by atoms with Crippen LogP contribution in [0.5, 0.6) is 0 Å². The van der Waals surface area contributed by atoms with Crippen molar-refractivity contribution in [1.29, 1.82) is 0 Å². The van der Waals surface area contributed by atoms with Gasteiger partial charge in [0.1, 0.15) is 0 Å². The van der Waals surface area contributed by atoms with E-state index in [2.05, 4.69) is 58.5 Å². The maximum atomic E-state index is 6.06. The first-order valence-corrected chi connectivity index (χ1v) is 7.58. The Kier molecular flexibility index (Phi) is 5.29. The van der Waals surface area contributed by atoms with Gasteiger partial charge in [-0.2, -0.15) is 0 Å². The number of hydrogen-bond donors (Lipinski definition) is 1. The first kappa shape index (κ1) is 14.4. The van der Waals surface area contributed by atoms with E-state index < -0.39 is 0 Å². The molecule has 2 aromatic carbocycles. The Bertz CT molecular complexity index is 528. The van der Waals surface area contributed by atoms with Crippen molar-refractivity contribution in [2.45, 2.75) is 19.3 Å². The molecular formula is C16H17BrClN. The van der Waals surface area contributed by atoms with E-state index in [-0.39, 0.29) is 0 Å². The highest BCUT2D eigenvalue weighted by molar-refractivity contribution is 9.10. The number of halogens is 2. The van der Waals surface area contributed by atoms with E-state index in [9.17, 15) is 0 Å². The molecule has 0 radical (unpaired) electrons. The van der Waals surface area contributed by atoms with Crippen LogP contribution in [0.2, 0.25) is 5.02 Å². The van der Waals surface area contributed by atoms with Gasteiger partial charge >= 0.3 is 0 Å². The Morgan fingerprint density at radius 2 is 1.89 bits per heavy atom. The molecule has 1 atom stereocenters. The third-order valence-corrected chi connectivity index (χ3v) is 4.43. The fraction of sp³-hybridized carbons (Fsp3) is 0.250. The molecule has 0 aliphatic heterocycles. The fourth-order valence-corrected chi connectivity index (χ4v) is 2.41. The molecule has 0 saturated heterocycles. The first-order chi connectivity index (χ1) is 9.16. The molecule has 100 valence electrons. The monoisotopic (exact) mass is 337 g/mol. The maximum absolute atomic E-state index is 6.06. The zero-order valence-electron chi connectivity index (χ0n) is 10.9.